The molecule has 1 atom stereocenters. The molecule has 0 N–H and O–H groups in total. The maximum Gasteiger partial charge on any atom is 0.122 e. The molecule has 1 nitrogen and oxygen atoms in total. The number of aryl methyl sites for hydroxylation is 2. The van der Waals surface area contributed by atoms with Crippen LogP contribution in [0.2, 0.25) is 0 Å². The summed E-state index contributed by atoms with van der Waals surface area (Å²) in [4.78, 5) is 1.42. The lowest BCUT2D eigenvalue weighted by molar-refractivity contribution is 0.315. The lowest BCUT2D eigenvalue weighted by Crippen LogP contribution is -2.14. The Hall–Kier alpha value is -1.41. The van der Waals surface area contributed by atoms with Crippen LogP contribution in [-0.4, -0.2) is 11.9 Å². The molecule has 0 amide bonds. The molecular weight excluding hydrogens is 264 g/mol. The number of ether oxygens (including phenoxy) is 1. The van der Waals surface area contributed by atoms with Gasteiger partial charge in [0, 0.05) is 10.1 Å². The Kier molecular flexibility index (Phi) is 3.75. The fourth-order valence-corrected chi connectivity index (χ4v) is 3.90. The Morgan fingerprint density at radius 1 is 1.15 bits per heavy atom. The van der Waals surface area contributed by atoms with Crippen LogP contribution in [0.4, 0.5) is 0 Å². The minimum absolute atomic E-state index is 0.535. The van der Waals surface area contributed by atoms with Crippen LogP contribution in [0.15, 0.2) is 41.3 Å². The number of hydrogen-bond acceptors (Lipinski definition) is 2. The topological polar surface area (TPSA) is 9.23 Å². The smallest absolute Gasteiger partial charge is 0.122 e. The zero-order chi connectivity index (χ0) is 14.1. The summed E-state index contributed by atoms with van der Waals surface area (Å²) in [6, 6.07) is 13.0. The van der Waals surface area contributed by atoms with Crippen LogP contribution in [-0.2, 0) is 6.42 Å². The molecule has 104 valence electrons. The molecule has 1 aliphatic rings. The van der Waals surface area contributed by atoms with Crippen molar-refractivity contribution in [2.75, 3.05) is 6.61 Å². The molecule has 2 aromatic rings. The van der Waals surface area contributed by atoms with E-state index in [2.05, 4.69) is 57.2 Å². The largest absolute Gasteiger partial charge is 0.492 e. The first kappa shape index (κ1) is 13.6. The van der Waals surface area contributed by atoms with Gasteiger partial charge in [0.25, 0.3) is 0 Å². The van der Waals surface area contributed by atoms with Gasteiger partial charge in [-0.3, -0.25) is 0 Å². The van der Waals surface area contributed by atoms with Crippen LogP contribution in [0.25, 0.3) is 0 Å². The SMILES string of the molecule is Cc1cc(C)c(C)c(OCC2Cc3ccccc3S2)c1. The zero-order valence-electron chi connectivity index (χ0n) is 12.3. The number of hydrogen-bond donors (Lipinski definition) is 0. The molecule has 0 bridgehead atoms. The molecule has 0 aliphatic carbocycles. The Labute approximate surface area is 125 Å². The third kappa shape index (κ3) is 2.71. The molecule has 0 spiro atoms. The Morgan fingerprint density at radius 2 is 1.95 bits per heavy atom. The van der Waals surface area contributed by atoms with Crippen molar-refractivity contribution in [1.29, 1.82) is 0 Å². The van der Waals surface area contributed by atoms with Crippen molar-refractivity contribution in [1.82, 2.24) is 0 Å². The van der Waals surface area contributed by atoms with E-state index < -0.39 is 0 Å². The lowest BCUT2D eigenvalue weighted by atomic mass is 10.1. The second-order valence-electron chi connectivity index (χ2n) is 5.57. The predicted octanol–water partition coefficient (Wildman–Crippen LogP) is 4.71. The van der Waals surface area contributed by atoms with E-state index in [9.17, 15) is 0 Å². The molecule has 0 saturated carbocycles. The number of thioether (sulfide) groups is 1. The monoisotopic (exact) mass is 284 g/mol. The van der Waals surface area contributed by atoms with E-state index in [1.807, 2.05) is 11.8 Å². The molecular formula is C18H20OS. The molecule has 1 aliphatic heterocycles. The van der Waals surface area contributed by atoms with E-state index in [1.54, 1.807) is 0 Å². The first-order valence-electron chi connectivity index (χ1n) is 7.08. The molecule has 0 radical (unpaired) electrons. The fourth-order valence-electron chi connectivity index (χ4n) is 2.68. The molecule has 3 rings (SSSR count). The molecule has 2 aromatic carbocycles. The normalized spacial score (nSPS) is 17.1. The van der Waals surface area contributed by atoms with Crippen LogP contribution in [0.3, 0.4) is 0 Å². The maximum atomic E-state index is 6.09. The number of rotatable bonds is 3. The average Bonchev–Trinajstić information content (AvgIpc) is 2.84. The summed E-state index contributed by atoms with van der Waals surface area (Å²) in [6.45, 7) is 7.19. The highest BCUT2D eigenvalue weighted by atomic mass is 32.2. The van der Waals surface area contributed by atoms with Crippen LogP contribution < -0.4 is 4.74 Å². The first-order valence-corrected chi connectivity index (χ1v) is 7.96. The van der Waals surface area contributed by atoms with Crippen molar-refractivity contribution in [3.63, 3.8) is 0 Å². The van der Waals surface area contributed by atoms with Gasteiger partial charge >= 0.3 is 0 Å². The number of fused-ring (bicyclic) bond motifs is 1. The Morgan fingerprint density at radius 3 is 2.75 bits per heavy atom. The van der Waals surface area contributed by atoms with Crippen molar-refractivity contribution in [3.05, 3.63) is 58.7 Å². The Bertz CT molecular complexity index is 608. The Balaban J connectivity index is 1.67. The van der Waals surface area contributed by atoms with Crippen LogP contribution in [0.1, 0.15) is 22.3 Å². The van der Waals surface area contributed by atoms with E-state index in [1.165, 1.54) is 27.1 Å². The fraction of sp³-hybridized carbons (Fsp3) is 0.333. The van der Waals surface area contributed by atoms with Crippen molar-refractivity contribution in [3.8, 4) is 5.75 Å². The van der Waals surface area contributed by atoms with E-state index in [-0.39, 0.29) is 0 Å². The minimum atomic E-state index is 0.535. The van der Waals surface area contributed by atoms with Gasteiger partial charge in [0.1, 0.15) is 12.4 Å². The molecule has 2 heteroatoms. The third-order valence-electron chi connectivity index (χ3n) is 3.90. The summed E-state index contributed by atoms with van der Waals surface area (Å²) in [7, 11) is 0. The van der Waals surface area contributed by atoms with Gasteiger partial charge in [-0.15, -0.1) is 11.8 Å². The quantitative estimate of drug-likeness (QED) is 0.807. The first-order chi connectivity index (χ1) is 9.63. The summed E-state index contributed by atoms with van der Waals surface area (Å²) < 4.78 is 6.09. The molecule has 0 fully saturated rings. The molecule has 1 heterocycles. The average molecular weight is 284 g/mol. The highest BCUT2D eigenvalue weighted by Crippen LogP contribution is 2.37. The van der Waals surface area contributed by atoms with Gasteiger partial charge in [0.2, 0.25) is 0 Å². The van der Waals surface area contributed by atoms with Crippen LogP contribution >= 0.6 is 11.8 Å². The van der Waals surface area contributed by atoms with Crippen molar-refractivity contribution in [2.24, 2.45) is 0 Å². The number of benzene rings is 2. The van der Waals surface area contributed by atoms with Crippen LogP contribution in [0.5, 0.6) is 5.75 Å². The highest BCUT2D eigenvalue weighted by molar-refractivity contribution is 8.00. The summed E-state index contributed by atoms with van der Waals surface area (Å²) in [5, 5.41) is 0.535. The van der Waals surface area contributed by atoms with E-state index >= 15 is 0 Å². The second-order valence-corrected chi connectivity index (χ2v) is 6.91. The van der Waals surface area contributed by atoms with Gasteiger partial charge in [0.05, 0.1) is 0 Å². The second kappa shape index (κ2) is 5.53. The summed E-state index contributed by atoms with van der Waals surface area (Å²) >= 11 is 1.94. The van der Waals surface area contributed by atoms with E-state index in [0.717, 1.165) is 18.8 Å². The molecule has 20 heavy (non-hydrogen) atoms. The van der Waals surface area contributed by atoms with Gasteiger partial charge in [-0.2, -0.15) is 0 Å². The molecule has 0 aromatic heterocycles. The molecule has 1 unspecified atom stereocenters. The summed E-state index contributed by atoms with van der Waals surface area (Å²) in [5.41, 5.74) is 5.30. The molecule has 0 saturated heterocycles. The van der Waals surface area contributed by atoms with Gasteiger partial charge in [-0.1, -0.05) is 24.3 Å². The summed E-state index contributed by atoms with van der Waals surface area (Å²) in [6.07, 6.45) is 1.12. The highest BCUT2D eigenvalue weighted by Gasteiger charge is 2.22. The van der Waals surface area contributed by atoms with Crippen molar-refractivity contribution in [2.45, 2.75) is 37.3 Å². The van der Waals surface area contributed by atoms with E-state index in [0.29, 0.717) is 5.25 Å². The lowest BCUT2D eigenvalue weighted by Gasteiger charge is -2.15. The zero-order valence-corrected chi connectivity index (χ0v) is 13.1. The van der Waals surface area contributed by atoms with Gasteiger partial charge in [-0.05, 0) is 61.6 Å². The van der Waals surface area contributed by atoms with E-state index in [4.69, 9.17) is 4.74 Å². The standard InChI is InChI=1S/C18H20OS/c1-12-8-13(2)14(3)17(9-12)19-11-16-10-15-6-4-5-7-18(15)20-16/h4-9,16H,10-11H2,1-3H3. The van der Waals surface area contributed by atoms with Gasteiger partial charge in [-0.25, -0.2) is 0 Å². The maximum absolute atomic E-state index is 6.09. The third-order valence-corrected chi connectivity index (χ3v) is 5.19. The van der Waals surface area contributed by atoms with Gasteiger partial charge < -0.3 is 4.74 Å². The predicted molar refractivity (Wildman–Crippen MR) is 85.9 cm³/mol. The minimum Gasteiger partial charge on any atom is -0.492 e. The summed E-state index contributed by atoms with van der Waals surface area (Å²) in [5.74, 6) is 1.04. The van der Waals surface area contributed by atoms with Gasteiger partial charge in [0.15, 0.2) is 0 Å². The van der Waals surface area contributed by atoms with Crippen LogP contribution in [0, 0.1) is 20.8 Å². The van der Waals surface area contributed by atoms with Crippen molar-refractivity contribution < 1.29 is 4.74 Å². The van der Waals surface area contributed by atoms with Crippen molar-refractivity contribution >= 4 is 11.8 Å².